The van der Waals surface area contributed by atoms with E-state index in [1.165, 1.54) is 0 Å². The zero-order valence-corrected chi connectivity index (χ0v) is 11.7. The standard InChI is InChI=1S/C14H21NO4/c1-15(9-5-4-6-14(16)17)12-8-7-11(18-2)10-13(12)19-3/h7-8,10H,4-6,9H2,1-3H3,(H,16,17). The predicted molar refractivity (Wildman–Crippen MR) is 74.3 cm³/mol. The van der Waals surface area contributed by atoms with Gasteiger partial charge in [-0.1, -0.05) is 0 Å². The molecule has 1 rings (SSSR count). The molecule has 0 aliphatic rings. The lowest BCUT2D eigenvalue weighted by atomic mass is 10.2. The summed E-state index contributed by atoms with van der Waals surface area (Å²) in [6.07, 6.45) is 1.73. The van der Waals surface area contributed by atoms with Crippen LogP contribution >= 0.6 is 0 Å². The van der Waals surface area contributed by atoms with Crippen molar-refractivity contribution in [3.63, 3.8) is 0 Å². The van der Waals surface area contributed by atoms with Crippen molar-refractivity contribution in [1.82, 2.24) is 0 Å². The first-order valence-electron chi connectivity index (χ1n) is 6.23. The summed E-state index contributed by atoms with van der Waals surface area (Å²) < 4.78 is 10.5. The van der Waals surface area contributed by atoms with Crippen molar-refractivity contribution in [2.75, 3.05) is 32.7 Å². The molecule has 0 saturated carbocycles. The Morgan fingerprint density at radius 2 is 2.00 bits per heavy atom. The van der Waals surface area contributed by atoms with Gasteiger partial charge < -0.3 is 19.5 Å². The maximum Gasteiger partial charge on any atom is 0.303 e. The van der Waals surface area contributed by atoms with Crippen LogP contribution in [0.3, 0.4) is 0 Å². The minimum atomic E-state index is -0.746. The summed E-state index contributed by atoms with van der Waals surface area (Å²) in [4.78, 5) is 12.5. The number of carboxylic acids is 1. The van der Waals surface area contributed by atoms with Gasteiger partial charge in [-0.15, -0.1) is 0 Å². The second-order valence-corrected chi connectivity index (χ2v) is 4.31. The fraction of sp³-hybridized carbons (Fsp3) is 0.500. The summed E-state index contributed by atoms with van der Waals surface area (Å²) in [5.41, 5.74) is 0.971. The van der Waals surface area contributed by atoms with Gasteiger partial charge in [-0.05, 0) is 25.0 Å². The van der Waals surface area contributed by atoms with E-state index in [1.54, 1.807) is 14.2 Å². The van der Waals surface area contributed by atoms with E-state index in [0.717, 1.165) is 30.2 Å². The Kier molecular flexibility index (Phi) is 5.99. The Morgan fingerprint density at radius 3 is 2.58 bits per heavy atom. The topological polar surface area (TPSA) is 59.0 Å². The summed E-state index contributed by atoms with van der Waals surface area (Å²) >= 11 is 0. The molecule has 0 bridgehead atoms. The van der Waals surface area contributed by atoms with Crippen LogP contribution in [-0.2, 0) is 4.79 Å². The highest BCUT2D eigenvalue weighted by atomic mass is 16.5. The summed E-state index contributed by atoms with van der Waals surface area (Å²) in [6, 6.07) is 5.66. The molecule has 0 aliphatic carbocycles. The molecule has 0 unspecified atom stereocenters. The number of rotatable bonds is 8. The van der Waals surface area contributed by atoms with Gasteiger partial charge in [-0.2, -0.15) is 0 Å². The number of aliphatic carboxylic acids is 1. The van der Waals surface area contributed by atoms with Crippen LogP contribution in [0.2, 0.25) is 0 Å². The van der Waals surface area contributed by atoms with Gasteiger partial charge in [0.1, 0.15) is 11.5 Å². The fourth-order valence-electron chi connectivity index (χ4n) is 1.85. The quantitative estimate of drug-likeness (QED) is 0.733. The first-order chi connectivity index (χ1) is 9.08. The van der Waals surface area contributed by atoms with Crippen LogP contribution < -0.4 is 14.4 Å². The van der Waals surface area contributed by atoms with Crippen molar-refractivity contribution in [2.45, 2.75) is 19.3 Å². The van der Waals surface area contributed by atoms with E-state index in [9.17, 15) is 4.79 Å². The molecule has 0 fully saturated rings. The average Bonchev–Trinajstić information content (AvgIpc) is 2.42. The van der Waals surface area contributed by atoms with Crippen molar-refractivity contribution >= 4 is 11.7 Å². The summed E-state index contributed by atoms with van der Waals surface area (Å²) in [5, 5.41) is 8.59. The van der Waals surface area contributed by atoms with Gasteiger partial charge in [-0.25, -0.2) is 0 Å². The molecule has 19 heavy (non-hydrogen) atoms. The summed E-state index contributed by atoms with van der Waals surface area (Å²) in [5.74, 6) is 0.754. The molecule has 1 aromatic carbocycles. The average molecular weight is 267 g/mol. The molecular weight excluding hydrogens is 246 g/mol. The number of unbranched alkanes of at least 4 members (excludes halogenated alkanes) is 1. The zero-order valence-electron chi connectivity index (χ0n) is 11.7. The number of benzene rings is 1. The smallest absolute Gasteiger partial charge is 0.303 e. The first kappa shape index (κ1) is 15.1. The molecule has 0 heterocycles. The van der Waals surface area contributed by atoms with Crippen LogP contribution in [0.4, 0.5) is 5.69 Å². The highest BCUT2D eigenvalue weighted by molar-refractivity contribution is 5.66. The molecule has 0 aromatic heterocycles. The number of methoxy groups -OCH3 is 2. The largest absolute Gasteiger partial charge is 0.497 e. The lowest BCUT2D eigenvalue weighted by Crippen LogP contribution is -2.19. The number of hydrogen-bond acceptors (Lipinski definition) is 4. The van der Waals surface area contributed by atoms with Gasteiger partial charge in [0.05, 0.1) is 19.9 Å². The lowest BCUT2D eigenvalue weighted by Gasteiger charge is -2.22. The van der Waals surface area contributed by atoms with E-state index in [4.69, 9.17) is 14.6 Å². The van der Waals surface area contributed by atoms with E-state index in [2.05, 4.69) is 4.90 Å². The van der Waals surface area contributed by atoms with Crippen LogP contribution in [-0.4, -0.2) is 38.9 Å². The molecule has 5 heteroatoms. The second kappa shape index (κ2) is 7.51. The Hall–Kier alpha value is -1.91. The summed E-state index contributed by atoms with van der Waals surface area (Å²) in [6.45, 7) is 0.788. The van der Waals surface area contributed by atoms with Crippen LogP contribution in [0.5, 0.6) is 11.5 Å². The van der Waals surface area contributed by atoms with E-state index in [-0.39, 0.29) is 6.42 Å². The van der Waals surface area contributed by atoms with Crippen LogP contribution in [0.25, 0.3) is 0 Å². The molecule has 0 atom stereocenters. The highest BCUT2D eigenvalue weighted by Crippen LogP contribution is 2.31. The van der Waals surface area contributed by atoms with Crippen molar-refractivity contribution in [2.24, 2.45) is 0 Å². The van der Waals surface area contributed by atoms with Gasteiger partial charge in [-0.3, -0.25) is 4.79 Å². The molecule has 1 aromatic rings. The third-order valence-electron chi connectivity index (χ3n) is 2.93. The lowest BCUT2D eigenvalue weighted by molar-refractivity contribution is -0.137. The van der Waals surface area contributed by atoms with Gasteiger partial charge in [0.15, 0.2) is 0 Å². The number of carbonyl (C=O) groups is 1. The van der Waals surface area contributed by atoms with E-state index in [1.807, 2.05) is 25.2 Å². The minimum absolute atomic E-state index is 0.216. The SMILES string of the molecule is COc1ccc(N(C)CCCCC(=O)O)c(OC)c1. The van der Waals surface area contributed by atoms with Gasteiger partial charge in [0, 0.05) is 26.1 Å². The third kappa shape index (κ3) is 4.69. The van der Waals surface area contributed by atoms with Gasteiger partial charge >= 0.3 is 5.97 Å². The molecule has 0 amide bonds. The van der Waals surface area contributed by atoms with Crippen molar-refractivity contribution in [1.29, 1.82) is 0 Å². The van der Waals surface area contributed by atoms with Crippen LogP contribution in [0, 0.1) is 0 Å². The molecule has 106 valence electrons. The number of nitrogens with zero attached hydrogens (tertiary/aromatic N) is 1. The Morgan fingerprint density at radius 1 is 1.26 bits per heavy atom. The Labute approximate surface area is 113 Å². The molecule has 0 radical (unpaired) electrons. The third-order valence-corrected chi connectivity index (χ3v) is 2.93. The minimum Gasteiger partial charge on any atom is -0.497 e. The van der Waals surface area contributed by atoms with Crippen molar-refractivity contribution < 1.29 is 19.4 Å². The Balaban J connectivity index is 2.60. The molecule has 0 saturated heterocycles. The molecule has 1 N–H and O–H groups in total. The number of ether oxygens (including phenoxy) is 2. The summed E-state index contributed by atoms with van der Waals surface area (Å²) in [7, 11) is 5.20. The van der Waals surface area contributed by atoms with Crippen LogP contribution in [0.1, 0.15) is 19.3 Å². The van der Waals surface area contributed by atoms with Gasteiger partial charge in [0.25, 0.3) is 0 Å². The number of carboxylic acid groups (broad SMARTS) is 1. The van der Waals surface area contributed by atoms with E-state index >= 15 is 0 Å². The van der Waals surface area contributed by atoms with Gasteiger partial charge in [0.2, 0.25) is 0 Å². The van der Waals surface area contributed by atoms with Crippen LogP contribution in [0.15, 0.2) is 18.2 Å². The van der Waals surface area contributed by atoms with Crippen molar-refractivity contribution in [3.8, 4) is 11.5 Å². The molecule has 0 aliphatic heterocycles. The van der Waals surface area contributed by atoms with E-state index < -0.39 is 5.97 Å². The highest BCUT2D eigenvalue weighted by Gasteiger charge is 2.09. The maximum atomic E-state index is 10.4. The fourth-order valence-corrected chi connectivity index (χ4v) is 1.85. The first-order valence-corrected chi connectivity index (χ1v) is 6.23. The molecule has 0 spiro atoms. The maximum absolute atomic E-state index is 10.4. The van der Waals surface area contributed by atoms with Crippen molar-refractivity contribution in [3.05, 3.63) is 18.2 Å². The second-order valence-electron chi connectivity index (χ2n) is 4.31. The molecule has 5 nitrogen and oxygen atoms in total. The predicted octanol–water partition coefficient (Wildman–Crippen LogP) is 2.39. The molecular formula is C14H21NO4. The monoisotopic (exact) mass is 267 g/mol. The zero-order chi connectivity index (χ0) is 14.3. The normalized spacial score (nSPS) is 10.1. The number of anilines is 1. The number of hydrogen-bond donors (Lipinski definition) is 1. The van der Waals surface area contributed by atoms with E-state index in [0.29, 0.717) is 6.42 Å². The Bertz CT molecular complexity index is 420.